The largest absolute Gasteiger partial charge is 0.350 e. The van der Waals surface area contributed by atoms with Crippen LogP contribution >= 0.6 is 0 Å². The minimum Gasteiger partial charge on any atom is -0.350 e. The minimum absolute atomic E-state index is 0.0455. The van der Waals surface area contributed by atoms with Crippen molar-refractivity contribution < 1.29 is 19.2 Å². The number of nitrogens with one attached hydrogen (secondary N) is 2. The molecule has 1 saturated heterocycles. The molecule has 6 nitrogen and oxygen atoms in total. The molecule has 0 radical (unpaired) electrons. The van der Waals surface area contributed by atoms with Crippen LogP contribution in [-0.4, -0.2) is 24.7 Å². The summed E-state index contributed by atoms with van der Waals surface area (Å²) in [5, 5.41) is 2.93. The van der Waals surface area contributed by atoms with Crippen LogP contribution in [-0.2, 0) is 14.4 Å². The van der Waals surface area contributed by atoms with E-state index in [2.05, 4.69) is 10.8 Å². The molecule has 3 rings (SSSR count). The van der Waals surface area contributed by atoms with Gasteiger partial charge in [-0.25, -0.2) is 10.3 Å². The van der Waals surface area contributed by atoms with Crippen LogP contribution in [0.5, 0.6) is 0 Å². The summed E-state index contributed by atoms with van der Waals surface area (Å²) in [5.74, 6) is -0.218. The molecular formula is C19H26N2O4. The van der Waals surface area contributed by atoms with E-state index in [-0.39, 0.29) is 24.0 Å². The highest BCUT2D eigenvalue weighted by Crippen LogP contribution is 2.25. The molecule has 1 aliphatic heterocycles. The van der Waals surface area contributed by atoms with Gasteiger partial charge < -0.3 is 10.1 Å². The Morgan fingerprint density at radius 3 is 2.60 bits per heavy atom. The maximum absolute atomic E-state index is 12.3. The maximum Gasteiger partial charge on any atom is 0.275 e. The Morgan fingerprint density at radius 1 is 1.04 bits per heavy atom. The number of anilines is 1. The SMILES string of the molecule is O=C(NOC1CCCCO1)c1cccc(NC(=O)C2CCCCC2)c1. The molecule has 6 heteroatoms. The number of carbonyl (C=O) groups excluding carboxylic acids is 2. The standard InChI is InChI=1S/C19H26N2O4/c22-18(14-7-2-1-3-8-14)20-16-10-6-9-15(13-16)19(23)21-25-17-11-4-5-12-24-17/h6,9-10,13-14,17H,1-5,7-8,11-12H2,(H,20,22)(H,21,23). The van der Waals surface area contributed by atoms with Gasteiger partial charge in [-0.3, -0.25) is 9.59 Å². The maximum atomic E-state index is 12.3. The van der Waals surface area contributed by atoms with Gasteiger partial charge in [0.05, 0.1) is 0 Å². The van der Waals surface area contributed by atoms with Crippen LogP contribution in [0.25, 0.3) is 0 Å². The van der Waals surface area contributed by atoms with Gasteiger partial charge in [-0.15, -0.1) is 0 Å². The van der Waals surface area contributed by atoms with Crippen molar-refractivity contribution in [1.82, 2.24) is 5.48 Å². The van der Waals surface area contributed by atoms with E-state index in [1.165, 1.54) is 6.42 Å². The molecule has 1 heterocycles. The van der Waals surface area contributed by atoms with Crippen molar-refractivity contribution >= 4 is 17.5 Å². The Bertz CT molecular complexity index is 593. The van der Waals surface area contributed by atoms with Gasteiger partial charge in [0.1, 0.15) is 0 Å². The summed E-state index contributed by atoms with van der Waals surface area (Å²) >= 11 is 0. The van der Waals surface area contributed by atoms with Gasteiger partial charge in [0.15, 0.2) is 6.29 Å². The van der Waals surface area contributed by atoms with Crippen LogP contribution in [0.15, 0.2) is 24.3 Å². The topological polar surface area (TPSA) is 76.7 Å². The Hall–Kier alpha value is -1.92. The van der Waals surface area contributed by atoms with Gasteiger partial charge in [-0.1, -0.05) is 25.3 Å². The second-order valence-electron chi connectivity index (χ2n) is 6.75. The summed E-state index contributed by atoms with van der Waals surface area (Å²) in [5.41, 5.74) is 3.51. The molecule has 0 bridgehead atoms. The Kier molecular flexibility index (Phi) is 6.42. The van der Waals surface area contributed by atoms with E-state index >= 15 is 0 Å². The summed E-state index contributed by atoms with van der Waals surface area (Å²) in [6.45, 7) is 0.656. The van der Waals surface area contributed by atoms with Crippen molar-refractivity contribution in [2.24, 2.45) is 5.92 Å². The summed E-state index contributed by atoms with van der Waals surface area (Å²) in [6.07, 6.45) is 7.78. The van der Waals surface area contributed by atoms with E-state index < -0.39 is 0 Å². The fourth-order valence-electron chi connectivity index (χ4n) is 3.33. The molecule has 1 aromatic rings. The van der Waals surface area contributed by atoms with Gasteiger partial charge >= 0.3 is 0 Å². The van der Waals surface area contributed by atoms with Crippen molar-refractivity contribution in [3.8, 4) is 0 Å². The summed E-state index contributed by atoms with van der Waals surface area (Å²) in [4.78, 5) is 29.9. The van der Waals surface area contributed by atoms with E-state index in [0.717, 1.165) is 44.9 Å². The molecule has 1 saturated carbocycles. The van der Waals surface area contributed by atoms with Gasteiger partial charge in [-0.05, 0) is 43.9 Å². The van der Waals surface area contributed by atoms with Gasteiger partial charge in [0, 0.05) is 30.2 Å². The van der Waals surface area contributed by atoms with Gasteiger partial charge in [0.25, 0.3) is 5.91 Å². The zero-order valence-electron chi connectivity index (χ0n) is 14.5. The third kappa shape index (κ3) is 5.28. The molecule has 1 unspecified atom stereocenters. The number of hydrogen-bond donors (Lipinski definition) is 2. The van der Waals surface area contributed by atoms with E-state index in [1.807, 2.05) is 0 Å². The first-order valence-electron chi connectivity index (χ1n) is 9.21. The molecular weight excluding hydrogens is 320 g/mol. The molecule has 2 amide bonds. The molecule has 1 aliphatic carbocycles. The Morgan fingerprint density at radius 2 is 1.84 bits per heavy atom. The second kappa shape index (κ2) is 8.97. The molecule has 2 aliphatic rings. The van der Waals surface area contributed by atoms with Crippen LogP contribution in [0, 0.1) is 5.92 Å². The summed E-state index contributed by atoms with van der Waals surface area (Å²) in [7, 11) is 0. The first kappa shape index (κ1) is 17.9. The van der Waals surface area contributed by atoms with Crippen molar-refractivity contribution in [2.45, 2.75) is 57.7 Å². The van der Waals surface area contributed by atoms with E-state index in [9.17, 15) is 9.59 Å². The van der Waals surface area contributed by atoms with Crippen molar-refractivity contribution in [2.75, 3.05) is 11.9 Å². The first-order chi connectivity index (χ1) is 12.2. The zero-order chi connectivity index (χ0) is 17.5. The quantitative estimate of drug-likeness (QED) is 0.801. The third-order valence-electron chi connectivity index (χ3n) is 4.79. The van der Waals surface area contributed by atoms with Crippen molar-refractivity contribution in [1.29, 1.82) is 0 Å². The number of hydroxylamine groups is 1. The number of amides is 2. The first-order valence-corrected chi connectivity index (χ1v) is 9.21. The molecule has 2 N–H and O–H groups in total. The highest BCUT2D eigenvalue weighted by Gasteiger charge is 2.21. The predicted octanol–water partition coefficient (Wildman–Crippen LogP) is 3.39. The molecule has 136 valence electrons. The van der Waals surface area contributed by atoms with Crippen LogP contribution in [0.1, 0.15) is 61.7 Å². The van der Waals surface area contributed by atoms with Crippen molar-refractivity contribution in [3.05, 3.63) is 29.8 Å². The predicted molar refractivity (Wildman–Crippen MR) is 93.8 cm³/mol. The number of carbonyl (C=O) groups is 2. The van der Waals surface area contributed by atoms with E-state index in [1.54, 1.807) is 24.3 Å². The van der Waals surface area contributed by atoms with Crippen LogP contribution in [0.2, 0.25) is 0 Å². The minimum atomic E-state index is -0.383. The van der Waals surface area contributed by atoms with E-state index in [0.29, 0.717) is 17.9 Å². The molecule has 1 aromatic carbocycles. The zero-order valence-corrected chi connectivity index (χ0v) is 14.5. The van der Waals surface area contributed by atoms with E-state index in [4.69, 9.17) is 9.57 Å². The second-order valence-corrected chi connectivity index (χ2v) is 6.75. The normalized spacial score (nSPS) is 21.5. The monoisotopic (exact) mass is 346 g/mol. The number of benzene rings is 1. The highest BCUT2D eigenvalue weighted by molar-refractivity contribution is 5.97. The summed E-state index contributed by atoms with van der Waals surface area (Å²) in [6, 6.07) is 6.91. The lowest BCUT2D eigenvalue weighted by Gasteiger charge is -2.22. The lowest BCUT2D eigenvalue weighted by atomic mass is 9.88. The molecule has 25 heavy (non-hydrogen) atoms. The molecule has 0 aromatic heterocycles. The summed E-state index contributed by atoms with van der Waals surface area (Å²) < 4.78 is 5.41. The van der Waals surface area contributed by atoms with Gasteiger partial charge in [-0.2, -0.15) is 0 Å². The highest BCUT2D eigenvalue weighted by atomic mass is 16.8. The Balaban J connectivity index is 1.52. The van der Waals surface area contributed by atoms with Gasteiger partial charge in [0.2, 0.25) is 5.91 Å². The average molecular weight is 346 g/mol. The molecule has 1 atom stereocenters. The Labute approximate surface area is 148 Å². The van der Waals surface area contributed by atoms with Crippen molar-refractivity contribution in [3.63, 3.8) is 0 Å². The lowest BCUT2D eigenvalue weighted by Crippen LogP contribution is -2.33. The molecule has 0 spiro atoms. The average Bonchev–Trinajstić information content (AvgIpc) is 2.68. The number of rotatable bonds is 5. The molecule has 2 fully saturated rings. The van der Waals surface area contributed by atoms with Crippen LogP contribution in [0.4, 0.5) is 5.69 Å². The lowest BCUT2D eigenvalue weighted by molar-refractivity contribution is -0.186. The third-order valence-corrected chi connectivity index (χ3v) is 4.79. The van der Waals surface area contributed by atoms with Crippen LogP contribution in [0.3, 0.4) is 0 Å². The fraction of sp³-hybridized carbons (Fsp3) is 0.579. The number of ether oxygens (including phenoxy) is 1. The number of hydrogen-bond acceptors (Lipinski definition) is 4. The van der Waals surface area contributed by atoms with Crippen LogP contribution < -0.4 is 10.8 Å². The fourth-order valence-corrected chi connectivity index (χ4v) is 3.33. The smallest absolute Gasteiger partial charge is 0.275 e.